The fourth-order valence-corrected chi connectivity index (χ4v) is 2.40. The fourth-order valence-electron chi connectivity index (χ4n) is 1.00. The molecule has 3 nitrogen and oxygen atoms in total. The molecular weight excluding hydrogens is 198 g/mol. The minimum atomic E-state index is -3.59. The highest BCUT2D eigenvalue weighted by Gasteiger charge is 2.21. The molecule has 0 aliphatic carbocycles. The van der Waals surface area contributed by atoms with Crippen LogP contribution in [-0.2, 0) is 10.0 Å². The Hall–Kier alpha value is -0.870. The number of hydrogen-bond donors (Lipinski definition) is 1. The van der Waals surface area contributed by atoms with E-state index in [1.165, 1.54) is 12.1 Å². The molecule has 0 radical (unpaired) electrons. The third kappa shape index (κ3) is 3.12. The maximum Gasteiger partial charge on any atom is 0.241 e. The standard InChI is InChI=1S/C10H15NO2S/c1-10(2,3)11-14(12,13)9-7-5-4-6-8-9/h4-8,11H,1-3H3/i7D. The van der Waals surface area contributed by atoms with E-state index in [9.17, 15) is 8.42 Å². The molecule has 0 saturated carbocycles. The van der Waals surface area contributed by atoms with Crippen LogP contribution in [0.3, 0.4) is 0 Å². The minimum absolute atomic E-state index is 0.00856. The first kappa shape index (κ1) is 9.68. The summed E-state index contributed by atoms with van der Waals surface area (Å²) in [7, 11) is -3.59. The van der Waals surface area contributed by atoms with Gasteiger partial charge in [0.1, 0.15) is 0 Å². The Morgan fingerprint density at radius 2 is 1.93 bits per heavy atom. The van der Waals surface area contributed by atoms with Crippen molar-refractivity contribution in [1.29, 1.82) is 0 Å². The Balaban J connectivity index is 3.13. The van der Waals surface area contributed by atoms with Gasteiger partial charge >= 0.3 is 0 Å². The molecule has 4 heteroatoms. The number of sulfonamides is 1. The summed E-state index contributed by atoms with van der Waals surface area (Å²) in [6.07, 6.45) is 0. The van der Waals surface area contributed by atoms with Gasteiger partial charge in [0, 0.05) is 5.54 Å². The molecule has 1 aromatic rings. The molecule has 1 N–H and O–H groups in total. The van der Waals surface area contributed by atoms with Crippen molar-refractivity contribution >= 4 is 10.0 Å². The third-order valence-corrected chi connectivity index (χ3v) is 3.12. The van der Waals surface area contributed by atoms with Crippen molar-refractivity contribution in [2.24, 2.45) is 0 Å². The summed E-state index contributed by atoms with van der Waals surface area (Å²) >= 11 is 0. The zero-order chi connectivity index (χ0) is 11.7. The third-order valence-electron chi connectivity index (χ3n) is 1.41. The van der Waals surface area contributed by atoms with Crippen LogP contribution in [0.1, 0.15) is 22.1 Å². The molecule has 0 bridgehead atoms. The molecule has 0 spiro atoms. The second-order valence-corrected chi connectivity index (χ2v) is 5.73. The highest BCUT2D eigenvalue weighted by atomic mass is 32.2. The maximum atomic E-state index is 11.8. The van der Waals surface area contributed by atoms with Crippen molar-refractivity contribution in [2.45, 2.75) is 31.2 Å². The molecule has 0 unspecified atom stereocenters. The summed E-state index contributed by atoms with van der Waals surface area (Å²) in [4.78, 5) is 0.0138. The van der Waals surface area contributed by atoms with E-state index in [-0.39, 0.29) is 10.9 Å². The van der Waals surface area contributed by atoms with E-state index < -0.39 is 15.6 Å². The van der Waals surface area contributed by atoms with Crippen LogP contribution in [0.2, 0.25) is 0 Å². The van der Waals surface area contributed by atoms with Crippen LogP contribution in [0.25, 0.3) is 0 Å². The molecule has 0 saturated heterocycles. The summed E-state index contributed by atoms with van der Waals surface area (Å²) in [6, 6.07) is 6.13. The van der Waals surface area contributed by atoms with Crippen LogP contribution >= 0.6 is 0 Å². The lowest BCUT2D eigenvalue weighted by molar-refractivity contribution is 0.491. The smallest absolute Gasteiger partial charge is 0.207 e. The highest BCUT2D eigenvalue weighted by molar-refractivity contribution is 7.89. The average Bonchev–Trinajstić information content (AvgIpc) is 1.99. The van der Waals surface area contributed by atoms with E-state index in [2.05, 4.69) is 4.72 Å². The van der Waals surface area contributed by atoms with Crippen molar-refractivity contribution in [1.82, 2.24) is 4.72 Å². The molecule has 14 heavy (non-hydrogen) atoms. The van der Waals surface area contributed by atoms with Crippen LogP contribution in [0, 0.1) is 0 Å². The van der Waals surface area contributed by atoms with Crippen LogP contribution in [0.4, 0.5) is 0 Å². The topological polar surface area (TPSA) is 46.2 Å². The first-order valence-electron chi connectivity index (χ1n) is 4.82. The van der Waals surface area contributed by atoms with Gasteiger partial charge in [-0.2, -0.15) is 0 Å². The first-order valence-corrected chi connectivity index (χ1v) is 5.80. The van der Waals surface area contributed by atoms with Gasteiger partial charge in [-0.15, -0.1) is 0 Å². The van der Waals surface area contributed by atoms with E-state index in [0.29, 0.717) is 0 Å². The number of benzene rings is 1. The van der Waals surface area contributed by atoms with Gasteiger partial charge in [0.05, 0.1) is 6.27 Å². The average molecular weight is 214 g/mol. The summed E-state index contributed by atoms with van der Waals surface area (Å²) in [5, 5.41) is 0. The van der Waals surface area contributed by atoms with Gasteiger partial charge in [-0.25, -0.2) is 13.1 Å². The van der Waals surface area contributed by atoms with Gasteiger partial charge in [0.25, 0.3) is 0 Å². The van der Waals surface area contributed by atoms with Gasteiger partial charge < -0.3 is 0 Å². The van der Waals surface area contributed by atoms with Crippen LogP contribution < -0.4 is 4.72 Å². The predicted molar refractivity (Wildman–Crippen MR) is 56.5 cm³/mol. The normalized spacial score (nSPS) is 13.8. The quantitative estimate of drug-likeness (QED) is 0.815. The van der Waals surface area contributed by atoms with Gasteiger partial charge in [-0.05, 0) is 32.9 Å². The molecule has 0 aliphatic rings. The predicted octanol–water partition coefficient (Wildman–Crippen LogP) is 1.76. The largest absolute Gasteiger partial charge is 0.241 e. The summed E-state index contributed by atoms with van der Waals surface area (Å²) in [5.74, 6) is 0. The van der Waals surface area contributed by atoms with E-state index in [4.69, 9.17) is 1.37 Å². The second-order valence-electron chi connectivity index (χ2n) is 4.08. The Labute approximate surface area is 86.6 Å². The molecule has 0 aromatic heterocycles. The van der Waals surface area contributed by atoms with Gasteiger partial charge in [0.2, 0.25) is 10.0 Å². The molecule has 0 aliphatic heterocycles. The molecule has 0 heterocycles. The Morgan fingerprint density at radius 1 is 1.29 bits per heavy atom. The molecule has 1 aromatic carbocycles. The van der Waals surface area contributed by atoms with Crippen molar-refractivity contribution in [3.63, 3.8) is 0 Å². The number of hydrogen-bond acceptors (Lipinski definition) is 2. The van der Waals surface area contributed by atoms with E-state index in [1.807, 2.05) is 0 Å². The Kier molecular flexibility index (Phi) is 2.56. The SMILES string of the molecule is [2H]c1ccccc1S(=O)(=O)NC(C)(C)C. The minimum Gasteiger partial charge on any atom is -0.207 e. The van der Waals surface area contributed by atoms with E-state index in [1.54, 1.807) is 32.9 Å². The van der Waals surface area contributed by atoms with Crippen molar-refractivity contribution in [3.8, 4) is 0 Å². The first-order chi connectivity index (χ1) is 6.72. The monoisotopic (exact) mass is 214 g/mol. The van der Waals surface area contributed by atoms with Gasteiger partial charge in [0.15, 0.2) is 0 Å². The van der Waals surface area contributed by atoms with Gasteiger partial charge in [-0.3, -0.25) is 0 Å². The van der Waals surface area contributed by atoms with Crippen molar-refractivity contribution in [2.75, 3.05) is 0 Å². The van der Waals surface area contributed by atoms with Crippen LogP contribution in [0.15, 0.2) is 35.2 Å². The lowest BCUT2D eigenvalue weighted by Crippen LogP contribution is -2.40. The summed E-state index contributed by atoms with van der Waals surface area (Å²) < 4.78 is 33.7. The lowest BCUT2D eigenvalue weighted by atomic mass is 10.1. The zero-order valence-corrected chi connectivity index (χ0v) is 9.35. The van der Waals surface area contributed by atoms with Crippen molar-refractivity contribution in [3.05, 3.63) is 30.3 Å². The molecule has 0 amide bonds. The molecule has 0 atom stereocenters. The fraction of sp³-hybridized carbons (Fsp3) is 0.400. The Bertz CT molecular complexity index is 449. The zero-order valence-electron chi connectivity index (χ0n) is 9.53. The van der Waals surface area contributed by atoms with Crippen molar-refractivity contribution < 1.29 is 9.79 Å². The van der Waals surface area contributed by atoms with Gasteiger partial charge in [-0.1, -0.05) is 18.2 Å². The maximum absolute atomic E-state index is 11.8. The summed E-state index contributed by atoms with van der Waals surface area (Å²) in [6.45, 7) is 5.28. The second kappa shape index (κ2) is 3.71. The Morgan fingerprint density at radius 3 is 2.43 bits per heavy atom. The van der Waals surface area contributed by atoms with E-state index in [0.717, 1.165) is 0 Å². The van der Waals surface area contributed by atoms with Crippen LogP contribution in [-0.4, -0.2) is 14.0 Å². The highest BCUT2D eigenvalue weighted by Crippen LogP contribution is 2.11. The number of nitrogens with one attached hydrogen (secondary N) is 1. The van der Waals surface area contributed by atoms with E-state index >= 15 is 0 Å². The molecule has 1 rings (SSSR count). The molecular formula is C10H15NO2S. The molecule has 78 valence electrons. The molecule has 0 fully saturated rings. The van der Waals surface area contributed by atoms with Crippen LogP contribution in [0.5, 0.6) is 0 Å². The summed E-state index contributed by atoms with van der Waals surface area (Å²) in [5.41, 5.74) is -0.541. The lowest BCUT2D eigenvalue weighted by Gasteiger charge is -2.20. The number of rotatable bonds is 2.